The molecule has 2 amide bonds. The van der Waals surface area contributed by atoms with Gasteiger partial charge in [0, 0.05) is 24.6 Å². The summed E-state index contributed by atoms with van der Waals surface area (Å²) in [5, 5.41) is 8.89. The molecule has 1 unspecified atom stereocenters. The van der Waals surface area contributed by atoms with Crippen LogP contribution in [0.5, 0.6) is 0 Å². The first-order valence-corrected chi connectivity index (χ1v) is 9.69. The van der Waals surface area contributed by atoms with E-state index in [0.29, 0.717) is 11.5 Å². The van der Waals surface area contributed by atoms with Gasteiger partial charge in [0.2, 0.25) is 5.91 Å². The largest absolute Gasteiger partial charge is 0.481 e. The van der Waals surface area contributed by atoms with Crippen LogP contribution in [0.3, 0.4) is 0 Å². The number of primary amides is 1. The van der Waals surface area contributed by atoms with Gasteiger partial charge in [-0.3, -0.25) is 14.4 Å². The summed E-state index contributed by atoms with van der Waals surface area (Å²) in [4.78, 5) is 36.8. The molecule has 5 N–H and O–H groups in total. The SMILES string of the molecule is C[C@H]1CCC/C(=C\c2ccc3c(c2)CN(C(CCC(=O)O)C(N)=O)C3=O)[C@H]1N. The fourth-order valence-corrected chi connectivity index (χ4v) is 4.14. The second-order valence-electron chi connectivity index (χ2n) is 7.81. The number of nitrogens with zero attached hydrogens (tertiary/aromatic N) is 1. The maximum absolute atomic E-state index is 12.7. The lowest BCUT2D eigenvalue weighted by Crippen LogP contribution is -2.45. The molecule has 2 aliphatic rings. The summed E-state index contributed by atoms with van der Waals surface area (Å²) in [6.45, 7) is 2.42. The number of carbonyl (C=O) groups excluding carboxylic acids is 2. The molecule has 1 heterocycles. The van der Waals surface area contributed by atoms with Crippen LogP contribution >= 0.6 is 0 Å². The first-order chi connectivity index (χ1) is 13.3. The average molecular weight is 385 g/mol. The summed E-state index contributed by atoms with van der Waals surface area (Å²) in [5.74, 6) is -1.54. The third-order valence-electron chi connectivity index (χ3n) is 5.82. The Hall–Kier alpha value is -2.67. The van der Waals surface area contributed by atoms with Crippen LogP contribution in [-0.4, -0.2) is 39.9 Å². The summed E-state index contributed by atoms with van der Waals surface area (Å²) in [5.41, 5.74) is 15.3. The van der Waals surface area contributed by atoms with Crippen molar-refractivity contribution in [3.8, 4) is 0 Å². The highest BCUT2D eigenvalue weighted by Crippen LogP contribution is 2.31. The Labute approximate surface area is 164 Å². The van der Waals surface area contributed by atoms with Crippen molar-refractivity contribution in [1.29, 1.82) is 0 Å². The average Bonchev–Trinajstić information content (AvgIpc) is 2.95. The molecule has 7 heteroatoms. The Bertz CT molecular complexity index is 833. The van der Waals surface area contributed by atoms with Gasteiger partial charge in [-0.1, -0.05) is 24.6 Å². The molecule has 1 saturated carbocycles. The third kappa shape index (κ3) is 4.09. The molecule has 150 valence electrons. The normalized spacial score (nSPS) is 24.3. The van der Waals surface area contributed by atoms with Crippen molar-refractivity contribution in [2.45, 2.75) is 57.7 Å². The molecule has 0 bridgehead atoms. The van der Waals surface area contributed by atoms with E-state index in [1.165, 1.54) is 10.5 Å². The predicted octanol–water partition coefficient (Wildman–Crippen LogP) is 1.89. The number of hydrogen-bond donors (Lipinski definition) is 3. The number of benzene rings is 1. The van der Waals surface area contributed by atoms with Gasteiger partial charge in [0.25, 0.3) is 5.91 Å². The number of aliphatic carboxylic acids is 1. The number of fused-ring (bicyclic) bond motifs is 1. The summed E-state index contributed by atoms with van der Waals surface area (Å²) >= 11 is 0. The number of nitrogens with two attached hydrogens (primary N) is 2. The smallest absolute Gasteiger partial charge is 0.303 e. The van der Waals surface area contributed by atoms with Crippen LogP contribution in [0.2, 0.25) is 0 Å². The second kappa shape index (κ2) is 8.14. The van der Waals surface area contributed by atoms with Crippen LogP contribution in [0, 0.1) is 5.92 Å². The van der Waals surface area contributed by atoms with Crippen molar-refractivity contribution in [3.05, 3.63) is 40.5 Å². The van der Waals surface area contributed by atoms with E-state index in [-0.39, 0.29) is 31.3 Å². The summed E-state index contributed by atoms with van der Waals surface area (Å²) in [6, 6.07) is 4.72. The van der Waals surface area contributed by atoms with Crippen LogP contribution in [-0.2, 0) is 16.1 Å². The van der Waals surface area contributed by atoms with E-state index in [1.54, 1.807) is 6.07 Å². The van der Waals surface area contributed by atoms with Gasteiger partial charge in [0.1, 0.15) is 6.04 Å². The molecule has 1 fully saturated rings. The van der Waals surface area contributed by atoms with Crippen molar-refractivity contribution in [2.75, 3.05) is 0 Å². The molecule has 3 rings (SSSR count). The standard InChI is InChI=1S/C21H27N3O4/c1-12-3-2-4-14(19(12)22)9-13-5-6-16-15(10-13)11-24(21(16)28)17(20(23)27)7-8-18(25)26/h5-6,9-10,12,17,19H,2-4,7-8,11,22H2,1H3,(H2,23,27)(H,25,26)/b14-9+/t12-,17?,19-/m0/s1. The Balaban J connectivity index is 1.82. The van der Waals surface area contributed by atoms with E-state index in [4.69, 9.17) is 16.6 Å². The zero-order valence-corrected chi connectivity index (χ0v) is 16.1. The third-order valence-corrected chi connectivity index (χ3v) is 5.82. The summed E-state index contributed by atoms with van der Waals surface area (Å²) in [6.07, 6.45) is 5.13. The Morgan fingerprint density at radius 2 is 2.14 bits per heavy atom. The van der Waals surface area contributed by atoms with E-state index in [1.807, 2.05) is 12.1 Å². The molecule has 1 aliphatic carbocycles. The van der Waals surface area contributed by atoms with Gasteiger partial charge in [-0.2, -0.15) is 0 Å². The van der Waals surface area contributed by atoms with E-state index in [0.717, 1.165) is 30.4 Å². The lowest BCUT2D eigenvalue weighted by molar-refractivity contribution is -0.137. The van der Waals surface area contributed by atoms with Crippen molar-refractivity contribution in [1.82, 2.24) is 4.90 Å². The van der Waals surface area contributed by atoms with Crippen LogP contribution in [0.15, 0.2) is 23.8 Å². The molecule has 28 heavy (non-hydrogen) atoms. The number of hydrogen-bond acceptors (Lipinski definition) is 4. The molecule has 1 aromatic rings. The zero-order chi connectivity index (χ0) is 20.4. The van der Waals surface area contributed by atoms with E-state index < -0.39 is 17.9 Å². The van der Waals surface area contributed by atoms with Crippen molar-refractivity contribution >= 4 is 23.9 Å². The maximum Gasteiger partial charge on any atom is 0.303 e. The molecule has 0 spiro atoms. The topological polar surface area (TPSA) is 127 Å². The van der Waals surface area contributed by atoms with E-state index in [9.17, 15) is 14.4 Å². The monoisotopic (exact) mass is 385 g/mol. The Kier molecular flexibility index (Phi) is 5.84. The molecule has 3 atom stereocenters. The van der Waals surface area contributed by atoms with Gasteiger partial charge in [-0.25, -0.2) is 0 Å². The van der Waals surface area contributed by atoms with Gasteiger partial charge in [0.05, 0.1) is 0 Å². The first kappa shape index (κ1) is 20.1. The maximum atomic E-state index is 12.7. The lowest BCUT2D eigenvalue weighted by atomic mass is 9.81. The number of carboxylic acids is 1. The highest BCUT2D eigenvalue weighted by Gasteiger charge is 2.35. The van der Waals surface area contributed by atoms with Crippen LogP contribution in [0.1, 0.15) is 60.5 Å². The van der Waals surface area contributed by atoms with Gasteiger partial charge in [0.15, 0.2) is 0 Å². The quantitative estimate of drug-likeness (QED) is 0.689. The van der Waals surface area contributed by atoms with E-state index >= 15 is 0 Å². The highest BCUT2D eigenvalue weighted by atomic mass is 16.4. The fourth-order valence-electron chi connectivity index (χ4n) is 4.14. The number of carboxylic acid groups (broad SMARTS) is 1. The van der Waals surface area contributed by atoms with Crippen molar-refractivity contribution in [2.24, 2.45) is 17.4 Å². The second-order valence-corrected chi connectivity index (χ2v) is 7.81. The number of rotatable bonds is 6. The van der Waals surface area contributed by atoms with Gasteiger partial charge in [-0.05, 0) is 54.9 Å². The van der Waals surface area contributed by atoms with Crippen LogP contribution in [0.4, 0.5) is 0 Å². The molecule has 1 aliphatic heterocycles. The van der Waals surface area contributed by atoms with Crippen LogP contribution in [0.25, 0.3) is 6.08 Å². The van der Waals surface area contributed by atoms with Crippen molar-refractivity contribution < 1.29 is 19.5 Å². The Morgan fingerprint density at radius 3 is 2.82 bits per heavy atom. The molecular formula is C21H27N3O4. The molecule has 0 radical (unpaired) electrons. The minimum atomic E-state index is -1.03. The van der Waals surface area contributed by atoms with Crippen molar-refractivity contribution in [3.63, 3.8) is 0 Å². The first-order valence-electron chi connectivity index (χ1n) is 9.69. The predicted molar refractivity (Wildman–Crippen MR) is 105 cm³/mol. The minimum Gasteiger partial charge on any atom is -0.481 e. The highest BCUT2D eigenvalue weighted by molar-refractivity contribution is 6.01. The van der Waals surface area contributed by atoms with Gasteiger partial charge < -0.3 is 21.5 Å². The van der Waals surface area contributed by atoms with Crippen LogP contribution < -0.4 is 11.5 Å². The molecule has 0 aromatic heterocycles. The molecule has 7 nitrogen and oxygen atoms in total. The number of amides is 2. The minimum absolute atomic E-state index is 0.00798. The van der Waals surface area contributed by atoms with Gasteiger partial charge >= 0.3 is 5.97 Å². The number of carbonyl (C=O) groups is 3. The zero-order valence-electron chi connectivity index (χ0n) is 16.1. The molecular weight excluding hydrogens is 358 g/mol. The molecule has 1 aromatic carbocycles. The molecule has 0 saturated heterocycles. The van der Waals surface area contributed by atoms with E-state index in [2.05, 4.69) is 13.0 Å². The fraction of sp³-hybridized carbons (Fsp3) is 0.476. The van der Waals surface area contributed by atoms with Gasteiger partial charge in [-0.15, -0.1) is 0 Å². The summed E-state index contributed by atoms with van der Waals surface area (Å²) in [7, 11) is 0. The summed E-state index contributed by atoms with van der Waals surface area (Å²) < 4.78 is 0. The lowest BCUT2D eigenvalue weighted by Gasteiger charge is -2.28. The Morgan fingerprint density at radius 1 is 1.39 bits per heavy atom.